The lowest BCUT2D eigenvalue weighted by Gasteiger charge is -2.17. The predicted molar refractivity (Wildman–Crippen MR) is 115 cm³/mol. The maximum atomic E-state index is 5.94. The highest BCUT2D eigenvalue weighted by Gasteiger charge is 2.13. The van der Waals surface area contributed by atoms with E-state index in [1.807, 2.05) is 54.6 Å². The molecule has 3 rings (SSSR count). The zero-order chi connectivity index (χ0) is 19.3. The van der Waals surface area contributed by atoms with Crippen LogP contribution in [-0.2, 0) is 32.8 Å². The fourth-order valence-electron chi connectivity index (χ4n) is 2.76. The molecule has 0 N–H and O–H groups in total. The van der Waals surface area contributed by atoms with Crippen molar-refractivity contribution in [3.8, 4) is 0 Å². The van der Waals surface area contributed by atoms with Crippen molar-refractivity contribution in [2.45, 2.75) is 19.3 Å². The van der Waals surface area contributed by atoms with E-state index in [1.165, 1.54) is 16.7 Å². The smallest absolute Gasteiger partial charge is 0.312 e. The van der Waals surface area contributed by atoms with Gasteiger partial charge in [0.2, 0.25) is 0 Å². The zero-order valence-electron chi connectivity index (χ0n) is 16.1. The highest BCUT2D eigenvalue weighted by atomic mass is 31.2. The van der Waals surface area contributed by atoms with E-state index in [0.29, 0.717) is 19.8 Å². The van der Waals surface area contributed by atoms with Gasteiger partial charge in [-0.05, 0) is 36.0 Å². The van der Waals surface area contributed by atoms with E-state index < -0.39 is 8.60 Å². The van der Waals surface area contributed by atoms with Crippen molar-refractivity contribution in [2.75, 3.05) is 19.8 Å². The van der Waals surface area contributed by atoms with Crippen LogP contribution in [0.25, 0.3) is 0 Å². The molecule has 3 aromatic carbocycles. The van der Waals surface area contributed by atoms with Crippen LogP contribution in [0.4, 0.5) is 0 Å². The second kappa shape index (κ2) is 12.4. The summed E-state index contributed by atoms with van der Waals surface area (Å²) in [4.78, 5) is 0. The maximum Gasteiger partial charge on any atom is 0.332 e. The van der Waals surface area contributed by atoms with E-state index in [1.54, 1.807) is 0 Å². The van der Waals surface area contributed by atoms with E-state index in [2.05, 4.69) is 36.4 Å². The molecule has 0 aliphatic rings. The lowest BCUT2D eigenvalue weighted by atomic mass is 10.2. The lowest BCUT2D eigenvalue weighted by molar-refractivity contribution is 0.163. The molecule has 0 heterocycles. The first-order valence-electron chi connectivity index (χ1n) is 9.71. The number of benzene rings is 3. The van der Waals surface area contributed by atoms with Crippen LogP contribution in [0.1, 0.15) is 16.7 Å². The summed E-state index contributed by atoms with van der Waals surface area (Å²) in [6, 6.07) is 31.0. The van der Waals surface area contributed by atoms with Gasteiger partial charge in [0.1, 0.15) is 0 Å². The van der Waals surface area contributed by atoms with E-state index >= 15 is 0 Å². The standard InChI is InChI=1S/C24H27O3P/c1-4-10-22(11-5-1)16-19-25-28(26-20-17-23-12-6-2-7-13-23)27-21-18-24-14-8-3-9-15-24/h1-15H,16-21H2. The summed E-state index contributed by atoms with van der Waals surface area (Å²) in [5, 5.41) is 0. The molecule has 0 radical (unpaired) electrons. The van der Waals surface area contributed by atoms with Gasteiger partial charge in [-0.25, -0.2) is 0 Å². The van der Waals surface area contributed by atoms with Crippen LogP contribution in [0.2, 0.25) is 0 Å². The molecular weight excluding hydrogens is 367 g/mol. The van der Waals surface area contributed by atoms with Crippen molar-refractivity contribution >= 4 is 8.60 Å². The van der Waals surface area contributed by atoms with Gasteiger partial charge in [-0.2, -0.15) is 0 Å². The van der Waals surface area contributed by atoms with Crippen LogP contribution in [0.15, 0.2) is 91.0 Å². The van der Waals surface area contributed by atoms with Gasteiger partial charge < -0.3 is 13.6 Å². The van der Waals surface area contributed by atoms with Crippen LogP contribution >= 0.6 is 8.60 Å². The van der Waals surface area contributed by atoms with Crippen LogP contribution < -0.4 is 0 Å². The molecule has 0 atom stereocenters. The molecule has 0 amide bonds. The summed E-state index contributed by atoms with van der Waals surface area (Å²) >= 11 is 0. The molecule has 0 bridgehead atoms. The molecule has 0 fully saturated rings. The van der Waals surface area contributed by atoms with Gasteiger partial charge in [0.25, 0.3) is 0 Å². The minimum absolute atomic E-state index is 0.590. The molecule has 3 aromatic rings. The Morgan fingerprint density at radius 1 is 0.429 bits per heavy atom. The SMILES string of the molecule is c1ccc(CCOP(OCCc2ccccc2)OCCc2ccccc2)cc1. The summed E-state index contributed by atoms with van der Waals surface area (Å²) < 4.78 is 17.8. The van der Waals surface area contributed by atoms with Gasteiger partial charge in [-0.15, -0.1) is 0 Å². The van der Waals surface area contributed by atoms with Gasteiger partial charge >= 0.3 is 8.60 Å². The predicted octanol–water partition coefficient (Wildman–Crippen LogP) is 5.99. The zero-order valence-corrected chi connectivity index (χ0v) is 17.0. The Balaban J connectivity index is 1.44. The second-order valence-corrected chi connectivity index (χ2v) is 7.65. The summed E-state index contributed by atoms with van der Waals surface area (Å²) in [7, 11) is -1.35. The van der Waals surface area contributed by atoms with E-state index in [0.717, 1.165) is 19.3 Å². The Kier molecular flexibility index (Phi) is 9.19. The number of hydrogen-bond donors (Lipinski definition) is 0. The molecule has 3 nitrogen and oxygen atoms in total. The van der Waals surface area contributed by atoms with E-state index in [4.69, 9.17) is 13.6 Å². The Labute approximate surface area is 169 Å². The number of hydrogen-bond acceptors (Lipinski definition) is 3. The highest BCUT2D eigenvalue weighted by Crippen LogP contribution is 2.40. The molecule has 0 aromatic heterocycles. The van der Waals surface area contributed by atoms with Crippen LogP contribution in [0, 0.1) is 0 Å². The van der Waals surface area contributed by atoms with Crippen LogP contribution in [0.5, 0.6) is 0 Å². The van der Waals surface area contributed by atoms with Crippen molar-refractivity contribution in [3.63, 3.8) is 0 Å². The second-order valence-electron chi connectivity index (χ2n) is 6.43. The Hall–Kier alpha value is -2.03. The largest absolute Gasteiger partial charge is 0.332 e. The lowest BCUT2D eigenvalue weighted by Crippen LogP contribution is -2.04. The highest BCUT2D eigenvalue weighted by molar-refractivity contribution is 7.41. The molecule has 0 saturated carbocycles. The maximum absolute atomic E-state index is 5.94. The van der Waals surface area contributed by atoms with Gasteiger partial charge in [0.05, 0.1) is 19.8 Å². The normalized spacial score (nSPS) is 11.0. The van der Waals surface area contributed by atoms with Crippen molar-refractivity contribution in [2.24, 2.45) is 0 Å². The van der Waals surface area contributed by atoms with Crippen molar-refractivity contribution in [1.29, 1.82) is 0 Å². The first-order valence-corrected chi connectivity index (χ1v) is 10.8. The van der Waals surface area contributed by atoms with E-state index in [-0.39, 0.29) is 0 Å². The summed E-state index contributed by atoms with van der Waals surface area (Å²) in [6.45, 7) is 1.77. The molecule has 28 heavy (non-hydrogen) atoms. The molecule has 0 aliphatic carbocycles. The first kappa shape index (κ1) is 20.7. The minimum atomic E-state index is -1.35. The third-order valence-corrected chi connectivity index (χ3v) is 5.47. The Morgan fingerprint density at radius 2 is 0.714 bits per heavy atom. The Bertz CT molecular complexity index is 657. The monoisotopic (exact) mass is 394 g/mol. The number of rotatable bonds is 12. The van der Waals surface area contributed by atoms with Gasteiger partial charge in [0.15, 0.2) is 0 Å². The average Bonchev–Trinajstić information content (AvgIpc) is 2.76. The summed E-state index contributed by atoms with van der Waals surface area (Å²) in [6.07, 6.45) is 2.55. The molecule has 4 heteroatoms. The topological polar surface area (TPSA) is 27.7 Å². The summed E-state index contributed by atoms with van der Waals surface area (Å²) in [5.41, 5.74) is 3.77. The van der Waals surface area contributed by atoms with Crippen molar-refractivity contribution in [1.82, 2.24) is 0 Å². The van der Waals surface area contributed by atoms with Crippen LogP contribution in [0.3, 0.4) is 0 Å². The fraction of sp³-hybridized carbons (Fsp3) is 0.250. The molecule has 0 saturated heterocycles. The average molecular weight is 394 g/mol. The minimum Gasteiger partial charge on any atom is -0.312 e. The van der Waals surface area contributed by atoms with Crippen LogP contribution in [-0.4, -0.2) is 19.8 Å². The summed E-state index contributed by atoms with van der Waals surface area (Å²) in [5.74, 6) is 0. The Morgan fingerprint density at radius 3 is 1.00 bits per heavy atom. The molecule has 0 spiro atoms. The third kappa shape index (κ3) is 7.92. The molecule has 0 aliphatic heterocycles. The third-order valence-electron chi connectivity index (χ3n) is 4.29. The quantitative estimate of drug-likeness (QED) is 0.353. The molecular formula is C24H27O3P. The van der Waals surface area contributed by atoms with Crippen molar-refractivity contribution in [3.05, 3.63) is 108 Å². The van der Waals surface area contributed by atoms with Crippen molar-refractivity contribution < 1.29 is 13.6 Å². The van der Waals surface area contributed by atoms with Gasteiger partial charge in [0, 0.05) is 0 Å². The molecule has 0 unspecified atom stereocenters. The van der Waals surface area contributed by atoms with Gasteiger partial charge in [-0.1, -0.05) is 91.0 Å². The van der Waals surface area contributed by atoms with Gasteiger partial charge in [-0.3, -0.25) is 0 Å². The fourth-order valence-corrected chi connectivity index (χ4v) is 3.70. The molecule has 146 valence electrons. The van der Waals surface area contributed by atoms with E-state index in [9.17, 15) is 0 Å². The first-order chi connectivity index (χ1) is 13.9.